The zero-order valence-electron chi connectivity index (χ0n) is 12.4. The molecule has 1 fully saturated rings. The van der Waals surface area contributed by atoms with Gasteiger partial charge in [-0.1, -0.05) is 33.1 Å². The monoisotopic (exact) mass is 241 g/mol. The highest BCUT2D eigenvalue weighted by Crippen LogP contribution is 2.23. The van der Waals surface area contributed by atoms with E-state index in [0.29, 0.717) is 6.10 Å². The van der Waals surface area contributed by atoms with E-state index >= 15 is 0 Å². The quantitative estimate of drug-likeness (QED) is 0.791. The van der Waals surface area contributed by atoms with Gasteiger partial charge in [-0.3, -0.25) is 0 Å². The summed E-state index contributed by atoms with van der Waals surface area (Å²) in [6.45, 7) is 13.1. The Balaban J connectivity index is 2.23. The Morgan fingerprint density at radius 2 is 1.59 bits per heavy atom. The first-order chi connectivity index (χ1) is 7.79. The molecule has 1 aliphatic rings. The first-order valence-corrected chi connectivity index (χ1v) is 7.15. The molecule has 0 spiro atoms. The molecule has 0 atom stereocenters. The molecule has 0 amide bonds. The van der Waals surface area contributed by atoms with E-state index in [4.69, 9.17) is 4.74 Å². The van der Waals surface area contributed by atoms with E-state index in [-0.39, 0.29) is 11.0 Å². The van der Waals surface area contributed by atoms with Gasteiger partial charge in [0.2, 0.25) is 0 Å². The molecule has 0 aliphatic heterocycles. The Hall–Kier alpha value is -0.0800. The van der Waals surface area contributed by atoms with Crippen LogP contribution in [0.5, 0.6) is 0 Å². The van der Waals surface area contributed by atoms with Gasteiger partial charge in [0.25, 0.3) is 0 Å². The second-order valence-corrected chi connectivity index (χ2v) is 7.34. The minimum atomic E-state index is 0.197. The molecule has 1 rings (SSSR count). The normalized spacial score (nSPS) is 19.6. The van der Waals surface area contributed by atoms with Gasteiger partial charge in [-0.05, 0) is 33.6 Å². The first-order valence-electron chi connectivity index (χ1n) is 7.15. The third kappa shape index (κ3) is 7.05. The van der Waals surface area contributed by atoms with Gasteiger partial charge in [0.15, 0.2) is 0 Å². The van der Waals surface area contributed by atoms with Gasteiger partial charge in [-0.25, -0.2) is 0 Å². The van der Waals surface area contributed by atoms with Crippen LogP contribution in [0.1, 0.15) is 66.7 Å². The van der Waals surface area contributed by atoms with Crippen molar-refractivity contribution in [3.63, 3.8) is 0 Å². The van der Waals surface area contributed by atoms with Crippen LogP contribution in [0, 0.1) is 5.41 Å². The summed E-state index contributed by atoms with van der Waals surface area (Å²) >= 11 is 0. The standard InChI is InChI=1S/C15H31NO/c1-14(2,3)16-11-15(4,5)12-17-13-9-7-6-8-10-13/h13,16H,6-12H2,1-5H3. The molecule has 2 nitrogen and oxygen atoms in total. The largest absolute Gasteiger partial charge is 0.378 e. The molecule has 0 aromatic carbocycles. The lowest BCUT2D eigenvalue weighted by atomic mass is 9.92. The van der Waals surface area contributed by atoms with E-state index in [9.17, 15) is 0 Å². The second kappa shape index (κ2) is 6.19. The average molecular weight is 241 g/mol. The fourth-order valence-electron chi connectivity index (χ4n) is 2.13. The third-order valence-corrected chi connectivity index (χ3v) is 3.36. The van der Waals surface area contributed by atoms with Crippen molar-refractivity contribution in [2.75, 3.05) is 13.2 Å². The summed E-state index contributed by atoms with van der Waals surface area (Å²) in [5.41, 5.74) is 0.423. The molecule has 1 N–H and O–H groups in total. The van der Waals surface area contributed by atoms with Gasteiger partial charge >= 0.3 is 0 Å². The van der Waals surface area contributed by atoms with Gasteiger partial charge in [0.05, 0.1) is 12.7 Å². The molecule has 1 aliphatic carbocycles. The maximum Gasteiger partial charge on any atom is 0.0575 e. The van der Waals surface area contributed by atoms with Crippen LogP contribution in [0.4, 0.5) is 0 Å². The highest BCUT2D eigenvalue weighted by Gasteiger charge is 2.23. The SMILES string of the molecule is CC(C)(CNC(C)(C)C)COC1CCCCC1. The van der Waals surface area contributed by atoms with E-state index in [1.54, 1.807) is 0 Å². The van der Waals surface area contributed by atoms with Crippen LogP contribution in [0.2, 0.25) is 0 Å². The predicted molar refractivity (Wildman–Crippen MR) is 74.4 cm³/mol. The van der Waals surface area contributed by atoms with E-state index in [1.165, 1.54) is 32.1 Å². The van der Waals surface area contributed by atoms with Gasteiger partial charge in [-0.2, -0.15) is 0 Å². The summed E-state index contributed by atoms with van der Waals surface area (Å²) in [6, 6.07) is 0. The highest BCUT2D eigenvalue weighted by molar-refractivity contribution is 4.78. The average Bonchev–Trinajstić information content (AvgIpc) is 2.25. The predicted octanol–water partition coefficient (Wildman–Crippen LogP) is 3.75. The van der Waals surface area contributed by atoms with E-state index in [2.05, 4.69) is 39.9 Å². The molecule has 2 heteroatoms. The van der Waals surface area contributed by atoms with Crippen molar-refractivity contribution >= 4 is 0 Å². The van der Waals surface area contributed by atoms with Crippen molar-refractivity contribution in [1.82, 2.24) is 5.32 Å². The fraction of sp³-hybridized carbons (Fsp3) is 1.00. The van der Waals surface area contributed by atoms with Crippen LogP contribution in [0.25, 0.3) is 0 Å². The van der Waals surface area contributed by atoms with Gasteiger partial charge in [0.1, 0.15) is 0 Å². The highest BCUT2D eigenvalue weighted by atomic mass is 16.5. The Morgan fingerprint density at radius 1 is 1.00 bits per heavy atom. The summed E-state index contributed by atoms with van der Waals surface area (Å²) in [6.07, 6.45) is 7.16. The lowest BCUT2D eigenvalue weighted by Crippen LogP contribution is -2.43. The number of ether oxygens (including phenoxy) is 1. The molecular formula is C15H31NO. The zero-order chi connectivity index (χ0) is 12.9. The van der Waals surface area contributed by atoms with Crippen molar-refractivity contribution in [3.8, 4) is 0 Å². The molecule has 0 radical (unpaired) electrons. The fourth-order valence-corrected chi connectivity index (χ4v) is 2.13. The first kappa shape index (κ1) is 15.0. The Kier molecular flexibility index (Phi) is 5.46. The lowest BCUT2D eigenvalue weighted by Gasteiger charge is -2.32. The maximum atomic E-state index is 6.07. The van der Waals surface area contributed by atoms with Crippen LogP contribution in [-0.4, -0.2) is 24.8 Å². The van der Waals surface area contributed by atoms with Crippen LogP contribution in [-0.2, 0) is 4.74 Å². The van der Waals surface area contributed by atoms with Crippen LogP contribution in [0.3, 0.4) is 0 Å². The zero-order valence-corrected chi connectivity index (χ0v) is 12.4. The van der Waals surface area contributed by atoms with Crippen molar-refractivity contribution < 1.29 is 4.74 Å². The molecule has 17 heavy (non-hydrogen) atoms. The number of hydrogen-bond donors (Lipinski definition) is 1. The molecule has 0 heterocycles. The smallest absolute Gasteiger partial charge is 0.0575 e. The van der Waals surface area contributed by atoms with Crippen molar-refractivity contribution in [3.05, 3.63) is 0 Å². The number of nitrogens with one attached hydrogen (secondary N) is 1. The van der Waals surface area contributed by atoms with Crippen LogP contribution < -0.4 is 5.32 Å². The summed E-state index contributed by atoms with van der Waals surface area (Å²) in [7, 11) is 0. The molecule has 0 saturated heterocycles. The minimum Gasteiger partial charge on any atom is -0.378 e. The van der Waals surface area contributed by atoms with E-state index in [1.807, 2.05) is 0 Å². The topological polar surface area (TPSA) is 21.3 Å². The molecule has 1 saturated carbocycles. The van der Waals surface area contributed by atoms with Gasteiger partial charge < -0.3 is 10.1 Å². The molecule has 102 valence electrons. The van der Waals surface area contributed by atoms with Crippen molar-refractivity contribution in [2.45, 2.75) is 78.4 Å². The summed E-state index contributed by atoms with van der Waals surface area (Å²) in [5, 5.41) is 3.57. The molecule has 0 aromatic heterocycles. The summed E-state index contributed by atoms with van der Waals surface area (Å²) < 4.78 is 6.07. The van der Waals surface area contributed by atoms with Crippen LogP contribution >= 0.6 is 0 Å². The molecule has 0 bridgehead atoms. The molecule has 0 aromatic rings. The van der Waals surface area contributed by atoms with E-state index < -0.39 is 0 Å². The second-order valence-electron chi connectivity index (χ2n) is 7.34. The lowest BCUT2D eigenvalue weighted by molar-refractivity contribution is -0.0157. The van der Waals surface area contributed by atoms with Gasteiger partial charge in [-0.15, -0.1) is 0 Å². The molecule has 0 unspecified atom stereocenters. The minimum absolute atomic E-state index is 0.197. The summed E-state index contributed by atoms with van der Waals surface area (Å²) in [4.78, 5) is 0. The third-order valence-electron chi connectivity index (χ3n) is 3.36. The number of hydrogen-bond acceptors (Lipinski definition) is 2. The Bertz CT molecular complexity index is 211. The van der Waals surface area contributed by atoms with Crippen molar-refractivity contribution in [2.24, 2.45) is 5.41 Å². The van der Waals surface area contributed by atoms with Crippen molar-refractivity contribution in [1.29, 1.82) is 0 Å². The maximum absolute atomic E-state index is 6.07. The molecular weight excluding hydrogens is 210 g/mol. The Labute approximate surface area is 108 Å². The van der Waals surface area contributed by atoms with Crippen LogP contribution in [0.15, 0.2) is 0 Å². The van der Waals surface area contributed by atoms with E-state index in [0.717, 1.165) is 13.2 Å². The summed E-state index contributed by atoms with van der Waals surface area (Å²) in [5.74, 6) is 0. The van der Waals surface area contributed by atoms with Gasteiger partial charge in [0, 0.05) is 17.5 Å². The Morgan fingerprint density at radius 3 is 2.12 bits per heavy atom. The number of rotatable bonds is 5.